The molecule has 2 N–H and O–H groups in total. The highest BCUT2D eigenvalue weighted by atomic mass is 16.7. The molecule has 0 bridgehead atoms. The predicted octanol–water partition coefficient (Wildman–Crippen LogP) is -0.575. The molecule has 10 nitrogen and oxygen atoms in total. The van der Waals surface area contributed by atoms with Gasteiger partial charge in [0, 0.05) is 18.7 Å². The normalized spacial score (nSPS) is 14.2. The minimum atomic E-state index is -0.765. The van der Waals surface area contributed by atoms with Crippen molar-refractivity contribution in [3.8, 4) is 11.5 Å². The van der Waals surface area contributed by atoms with Crippen LogP contribution in [0.2, 0.25) is 0 Å². The van der Waals surface area contributed by atoms with Gasteiger partial charge >= 0.3 is 5.97 Å². The van der Waals surface area contributed by atoms with Crippen molar-refractivity contribution in [3.63, 3.8) is 0 Å². The second-order valence-electron chi connectivity index (χ2n) is 6.50. The molecule has 0 aromatic heterocycles. The maximum absolute atomic E-state index is 12.1. The summed E-state index contributed by atoms with van der Waals surface area (Å²) in [5, 5.41) is 5.17. The van der Waals surface area contributed by atoms with Crippen molar-refractivity contribution in [1.82, 2.24) is 15.5 Å². The van der Waals surface area contributed by atoms with E-state index in [1.807, 2.05) is 0 Å². The fourth-order valence-electron chi connectivity index (χ4n) is 2.40. The minimum absolute atomic E-state index is 0.0947. The number of carbonyl (C=O) groups is 4. The van der Waals surface area contributed by atoms with Crippen LogP contribution in [-0.2, 0) is 19.1 Å². The van der Waals surface area contributed by atoms with Crippen LogP contribution in [0.4, 0.5) is 0 Å². The summed E-state index contributed by atoms with van der Waals surface area (Å²) in [6, 6.07) is 4.86. The van der Waals surface area contributed by atoms with E-state index < -0.39 is 30.9 Å². The molecule has 10 heteroatoms. The molecule has 0 radical (unpaired) electrons. The summed E-state index contributed by atoms with van der Waals surface area (Å²) in [5.41, 5.74) is 0.300. The fourth-order valence-corrected chi connectivity index (χ4v) is 2.40. The standard InChI is InChI=1S/C18H21N3O7/c1-21(8-15(22)20-12-3-4-12)16(23)9-26-17(24)7-19-18(25)11-2-5-13-14(6-11)28-10-27-13/h2,5-6,12H,3-4,7-10H2,1H3,(H,19,25)(H,20,22). The van der Waals surface area contributed by atoms with Gasteiger partial charge < -0.3 is 29.7 Å². The van der Waals surface area contributed by atoms with Crippen LogP contribution in [-0.4, -0.2) is 68.2 Å². The second kappa shape index (κ2) is 8.59. The Morgan fingerprint density at radius 2 is 1.93 bits per heavy atom. The number of ether oxygens (including phenoxy) is 3. The number of likely N-dealkylation sites (N-methyl/N-ethyl adjacent to an activating group) is 1. The third kappa shape index (κ3) is 5.35. The third-order valence-electron chi connectivity index (χ3n) is 4.13. The molecule has 1 aliphatic heterocycles. The number of fused-ring (bicyclic) bond motifs is 1. The van der Waals surface area contributed by atoms with Crippen LogP contribution in [0, 0.1) is 0 Å². The Morgan fingerprint density at radius 1 is 1.18 bits per heavy atom. The Morgan fingerprint density at radius 3 is 2.68 bits per heavy atom. The maximum atomic E-state index is 12.1. The van der Waals surface area contributed by atoms with E-state index in [4.69, 9.17) is 14.2 Å². The van der Waals surface area contributed by atoms with Gasteiger partial charge in [0.05, 0.1) is 6.54 Å². The molecule has 28 heavy (non-hydrogen) atoms. The number of nitrogens with zero attached hydrogens (tertiary/aromatic N) is 1. The lowest BCUT2D eigenvalue weighted by molar-refractivity contribution is -0.151. The second-order valence-corrected chi connectivity index (χ2v) is 6.50. The molecular formula is C18H21N3O7. The van der Waals surface area contributed by atoms with Crippen molar-refractivity contribution in [3.05, 3.63) is 23.8 Å². The Bertz CT molecular complexity index is 791. The quantitative estimate of drug-likeness (QED) is 0.569. The monoisotopic (exact) mass is 391 g/mol. The van der Waals surface area contributed by atoms with Crippen molar-refractivity contribution >= 4 is 23.7 Å². The van der Waals surface area contributed by atoms with Gasteiger partial charge in [-0.15, -0.1) is 0 Å². The molecule has 0 saturated heterocycles. The van der Waals surface area contributed by atoms with Crippen molar-refractivity contribution in [2.45, 2.75) is 18.9 Å². The van der Waals surface area contributed by atoms with E-state index in [1.54, 1.807) is 12.1 Å². The topological polar surface area (TPSA) is 123 Å². The molecule has 2 aliphatic rings. The van der Waals surface area contributed by atoms with E-state index in [0.29, 0.717) is 17.1 Å². The van der Waals surface area contributed by atoms with E-state index in [0.717, 1.165) is 12.8 Å². The molecule has 1 saturated carbocycles. The SMILES string of the molecule is CN(CC(=O)NC1CC1)C(=O)COC(=O)CNC(=O)c1ccc2c(c1)OCO2. The first-order chi connectivity index (χ1) is 13.4. The number of carbonyl (C=O) groups excluding carboxylic acids is 4. The van der Waals surface area contributed by atoms with Crippen LogP contribution >= 0.6 is 0 Å². The Hall–Kier alpha value is -3.30. The van der Waals surface area contributed by atoms with E-state index in [9.17, 15) is 19.2 Å². The van der Waals surface area contributed by atoms with Crippen LogP contribution in [0.25, 0.3) is 0 Å². The summed E-state index contributed by atoms with van der Waals surface area (Å²) in [4.78, 5) is 48.5. The van der Waals surface area contributed by atoms with E-state index in [2.05, 4.69) is 10.6 Å². The van der Waals surface area contributed by atoms with E-state index in [-0.39, 0.29) is 25.3 Å². The van der Waals surface area contributed by atoms with Crippen LogP contribution in [0.15, 0.2) is 18.2 Å². The number of hydrogen-bond acceptors (Lipinski definition) is 7. The lowest BCUT2D eigenvalue weighted by Gasteiger charge is -2.16. The average molecular weight is 391 g/mol. The molecule has 0 spiro atoms. The van der Waals surface area contributed by atoms with E-state index >= 15 is 0 Å². The van der Waals surface area contributed by atoms with Crippen LogP contribution in [0.3, 0.4) is 0 Å². The van der Waals surface area contributed by atoms with Crippen molar-refractivity contribution < 1.29 is 33.4 Å². The lowest BCUT2D eigenvalue weighted by atomic mass is 10.2. The van der Waals surface area contributed by atoms with Crippen molar-refractivity contribution in [2.24, 2.45) is 0 Å². The third-order valence-corrected chi connectivity index (χ3v) is 4.13. The average Bonchev–Trinajstić information content (AvgIpc) is 3.35. The maximum Gasteiger partial charge on any atom is 0.325 e. The van der Waals surface area contributed by atoms with E-state index in [1.165, 1.54) is 18.0 Å². The van der Waals surface area contributed by atoms with Crippen LogP contribution < -0.4 is 20.1 Å². The molecular weight excluding hydrogens is 370 g/mol. The van der Waals surface area contributed by atoms with Gasteiger partial charge in [-0.2, -0.15) is 0 Å². The predicted molar refractivity (Wildman–Crippen MR) is 94.7 cm³/mol. The van der Waals surface area contributed by atoms with Gasteiger partial charge in [0.1, 0.15) is 6.54 Å². The summed E-state index contributed by atoms with van der Waals surface area (Å²) >= 11 is 0. The Balaban J connectivity index is 1.36. The number of amides is 3. The minimum Gasteiger partial charge on any atom is -0.454 e. The lowest BCUT2D eigenvalue weighted by Crippen LogP contribution is -2.41. The number of nitrogens with one attached hydrogen (secondary N) is 2. The van der Waals surface area contributed by atoms with Gasteiger partial charge in [0.25, 0.3) is 11.8 Å². The molecule has 1 fully saturated rings. The van der Waals surface area contributed by atoms with Gasteiger partial charge in [0.15, 0.2) is 18.1 Å². The van der Waals surface area contributed by atoms with Gasteiger partial charge in [-0.25, -0.2) is 0 Å². The summed E-state index contributed by atoms with van der Waals surface area (Å²) in [7, 11) is 1.45. The number of esters is 1. The van der Waals surface area contributed by atoms with Crippen molar-refractivity contribution in [2.75, 3.05) is 33.5 Å². The van der Waals surface area contributed by atoms with Gasteiger partial charge in [-0.05, 0) is 31.0 Å². The highest BCUT2D eigenvalue weighted by Gasteiger charge is 2.24. The Labute approximate surface area is 161 Å². The smallest absolute Gasteiger partial charge is 0.325 e. The summed E-state index contributed by atoms with van der Waals surface area (Å²) < 4.78 is 15.2. The van der Waals surface area contributed by atoms with Gasteiger partial charge in [0.2, 0.25) is 12.7 Å². The molecule has 0 atom stereocenters. The highest BCUT2D eigenvalue weighted by Crippen LogP contribution is 2.32. The highest BCUT2D eigenvalue weighted by molar-refractivity contribution is 5.96. The molecule has 150 valence electrons. The molecule has 3 amide bonds. The number of benzene rings is 1. The first-order valence-electron chi connectivity index (χ1n) is 8.79. The molecule has 1 heterocycles. The molecule has 1 aromatic carbocycles. The molecule has 0 unspecified atom stereocenters. The Kier molecular flexibility index (Phi) is 5.97. The van der Waals surface area contributed by atoms with Crippen LogP contribution in [0.1, 0.15) is 23.2 Å². The van der Waals surface area contributed by atoms with Crippen molar-refractivity contribution in [1.29, 1.82) is 0 Å². The zero-order chi connectivity index (χ0) is 20.1. The largest absolute Gasteiger partial charge is 0.454 e. The summed E-state index contributed by atoms with van der Waals surface area (Å²) in [6.45, 7) is -0.913. The molecule has 1 aromatic rings. The van der Waals surface area contributed by atoms with Gasteiger partial charge in [-0.1, -0.05) is 0 Å². The molecule has 1 aliphatic carbocycles. The summed E-state index contributed by atoms with van der Waals surface area (Å²) in [6.07, 6.45) is 1.91. The summed E-state index contributed by atoms with van der Waals surface area (Å²) in [5.74, 6) is -1.02. The fraction of sp³-hybridized carbons (Fsp3) is 0.444. The first kappa shape index (κ1) is 19.5. The zero-order valence-electron chi connectivity index (χ0n) is 15.4. The van der Waals surface area contributed by atoms with Crippen LogP contribution in [0.5, 0.6) is 11.5 Å². The number of hydrogen-bond donors (Lipinski definition) is 2. The first-order valence-corrected chi connectivity index (χ1v) is 8.79. The zero-order valence-corrected chi connectivity index (χ0v) is 15.4. The molecule has 3 rings (SSSR count). The van der Waals surface area contributed by atoms with Gasteiger partial charge in [-0.3, -0.25) is 19.2 Å². The number of rotatable bonds is 8.